The highest BCUT2D eigenvalue weighted by atomic mass is 35.5. The first-order valence-electron chi connectivity index (χ1n) is 8.26. The van der Waals surface area contributed by atoms with E-state index in [4.69, 9.17) is 11.6 Å². The van der Waals surface area contributed by atoms with Crippen LogP contribution in [-0.4, -0.2) is 15.3 Å². The largest absolute Gasteiger partial charge is 0.326 e. The van der Waals surface area contributed by atoms with Crippen molar-refractivity contribution in [3.63, 3.8) is 0 Å². The van der Waals surface area contributed by atoms with E-state index in [1.54, 1.807) is 12.1 Å². The zero-order chi connectivity index (χ0) is 17.9. The van der Waals surface area contributed by atoms with E-state index in [1.165, 1.54) is 0 Å². The van der Waals surface area contributed by atoms with Gasteiger partial charge in [0, 0.05) is 28.7 Å². The molecule has 26 heavy (non-hydrogen) atoms. The summed E-state index contributed by atoms with van der Waals surface area (Å²) < 4.78 is 1.98. The maximum Gasteiger partial charge on any atom is 0.228 e. The number of hydrogen-bond acceptors (Lipinski definition) is 2. The van der Waals surface area contributed by atoms with Gasteiger partial charge < -0.3 is 9.72 Å². The number of amides is 1. The molecular weight excluding hydrogens is 346 g/mol. The molecule has 0 radical (unpaired) electrons. The van der Waals surface area contributed by atoms with E-state index in [0.29, 0.717) is 11.4 Å². The third kappa shape index (κ3) is 3.60. The van der Waals surface area contributed by atoms with Gasteiger partial charge in [-0.2, -0.15) is 0 Å². The Kier molecular flexibility index (Phi) is 4.42. The Bertz CT molecular complexity index is 1020. The van der Waals surface area contributed by atoms with Gasteiger partial charge in [-0.25, -0.2) is 4.98 Å². The van der Waals surface area contributed by atoms with Crippen LogP contribution in [0.3, 0.4) is 0 Å². The van der Waals surface area contributed by atoms with Gasteiger partial charge >= 0.3 is 0 Å². The molecular formula is C21H16ClN3O. The molecule has 0 saturated carbocycles. The second kappa shape index (κ2) is 7.02. The number of rotatable bonds is 4. The molecule has 4 aromatic rings. The van der Waals surface area contributed by atoms with Crippen molar-refractivity contribution >= 4 is 28.8 Å². The first kappa shape index (κ1) is 16.4. The molecule has 128 valence electrons. The molecule has 0 saturated heterocycles. The highest BCUT2D eigenvalue weighted by molar-refractivity contribution is 6.30. The predicted octanol–water partition coefficient (Wildman–Crippen LogP) is 4.84. The van der Waals surface area contributed by atoms with Gasteiger partial charge in [0.05, 0.1) is 12.1 Å². The SMILES string of the molecule is O=C(Cc1ccc(Cl)cc1)Nc1ccc(-c2cn3ccccc3n2)cc1. The lowest BCUT2D eigenvalue weighted by molar-refractivity contribution is -0.115. The topological polar surface area (TPSA) is 46.4 Å². The van der Waals surface area contributed by atoms with Crippen molar-refractivity contribution in [2.45, 2.75) is 6.42 Å². The summed E-state index contributed by atoms with van der Waals surface area (Å²) in [5.41, 5.74) is 4.49. The molecule has 0 aliphatic heterocycles. The molecule has 5 heteroatoms. The minimum atomic E-state index is -0.0622. The van der Waals surface area contributed by atoms with E-state index in [2.05, 4.69) is 10.3 Å². The lowest BCUT2D eigenvalue weighted by Gasteiger charge is -2.06. The van der Waals surface area contributed by atoms with E-state index >= 15 is 0 Å². The van der Waals surface area contributed by atoms with Crippen molar-refractivity contribution in [2.24, 2.45) is 0 Å². The molecule has 2 heterocycles. The number of pyridine rings is 1. The van der Waals surface area contributed by atoms with Crippen LogP contribution in [-0.2, 0) is 11.2 Å². The van der Waals surface area contributed by atoms with E-state index < -0.39 is 0 Å². The highest BCUT2D eigenvalue weighted by Crippen LogP contribution is 2.21. The average molecular weight is 362 g/mol. The van der Waals surface area contributed by atoms with Gasteiger partial charge in [0.2, 0.25) is 5.91 Å². The van der Waals surface area contributed by atoms with Crippen molar-refractivity contribution in [1.82, 2.24) is 9.38 Å². The number of nitrogens with one attached hydrogen (secondary N) is 1. The van der Waals surface area contributed by atoms with Crippen LogP contribution in [0.15, 0.2) is 79.1 Å². The number of halogens is 1. The second-order valence-corrected chi connectivity index (χ2v) is 6.46. The van der Waals surface area contributed by atoms with E-state index in [-0.39, 0.29) is 5.91 Å². The summed E-state index contributed by atoms with van der Waals surface area (Å²) in [5.74, 6) is -0.0622. The first-order valence-corrected chi connectivity index (χ1v) is 8.64. The van der Waals surface area contributed by atoms with Crippen LogP contribution in [0, 0.1) is 0 Å². The van der Waals surface area contributed by atoms with Crippen molar-refractivity contribution in [3.05, 3.63) is 89.7 Å². The van der Waals surface area contributed by atoms with Crippen molar-refractivity contribution in [3.8, 4) is 11.3 Å². The van der Waals surface area contributed by atoms with Gasteiger partial charge in [-0.05, 0) is 42.0 Å². The normalized spacial score (nSPS) is 10.8. The van der Waals surface area contributed by atoms with Crippen LogP contribution in [0.2, 0.25) is 5.02 Å². The Morgan fingerprint density at radius 1 is 1.00 bits per heavy atom. The fourth-order valence-corrected chi connectivity index (χ4v) is 2.92. The number of imidazole rings is 1. The summed E-state index contributed by atoms with van der Waals surface area (Å²) in [6.45, 7) is 0. The number of anilines is 1. The van der Waals surface area contributed by atoms with Gasteiger partial charge in [-0.3, -0.25) is 4.79 Å². The van der Waals surface area contributed by atoms with Gasteiger partial charge in [0.1, 0.15) is 5.65 Å². The van der Waals surface area contributed by atoms with Gasteiger partial charge in [-0.15, -0.1) is 0 Å². The van der Waals surface area contributed by atoms with Crippen molar-refractivity contribution in [1.29, 1.82) is 0 Å². The summed E-state index contributed by atoms with van der Waals surface area (Å²) >= 11 is 5.86. The second-order valence-electron chi connectivity index (χ2n) is 6.02. The maximum absolute atomic E-state index is 12.2. The third-order valence-corrected chi connectivity index (χ3v) is 4.36. The van der Waals surface area contributed by atoms with Crippen LogP contribution in [0.4, 0.5) is 5.69 Å². The lowest BCUT2D eigenvalue weighted by Crippen LogP contribution is -2.14. The molecule has 4 rings (SSSR count). The standard InChI is InChI=1S/C21H16ClN3O/c22-17-8-4-15(5-9-17)13-21(26)23-18-10-6-16(7-11-18)19-14-25-12-2-1-3-20(25)24-19/h1-12,14H,13H2,(H,23,26). The lowest BCUT2D eigenvalue weighted by atomic mass is 10.1. The summed E-state index contributed by atoms with van der Waals surface area (Å²) in [6, 6.07) is 20.9. The number of aromatic nitrogens is 2. The fourth-order valence-electron chi connectivity index (χ4n) is 2.79. The molecule has 0 fully saturated rings. The summed E-state index contributed by atoms with van der Waals surface area (Å²) in [7, 11) is 0. The molecule has 1 N–H and O–H groups in total. The van der Waals surface area contributed by atoms with Gasteiger partial charge in [0.15, 0.2) is 0 Å². The van der Waals surface area contributed by atoms with Crippen LogP contribution in [0.5, 0.6) is 0 Å². The molecule has 0 atom stereocenters. The minimum absolute atomic E-state index is 0.0622. The molecule has 2 aromatic heterocycles. The van der Waals surface area contributed by atoms with E-state index in [9.17, 15) is 4.79 Å². The van der Waals surface area contributed by atoms with Gasteiger partial charge in [-0.1, -0.05) is 41.9 Å². The Labute approximate surface area is 156 Å². The molecule has 2 aromatic carbocycles. The minimum Gasteiger partial charge on any atom is -0.326 e. The maximum atomic E-state index is 12.2. The van der Waals surface area contributed by atoms with Crippen LogP contribution >= 0.6 is 11.6 Å². The summed E-state index contributed by atoms with van der Waals surface area (Å²) in [6.07, 6.45) is 4.27. The third-order valence-electron chi connectivity index (χ3n) is 4.11. The van der Waals surface area contributed by atoms with Crippen LogP contribution in [0.1, 0.15) is 5.56 Å². The van der Waals surface area contributed by atoms with Crippen LogP contribution < -0.4 is 5.32 Å². The Hall–Kier alpha value is -3.11. The Morgan fingerprint density at radius 3 is 2.50 bits per heavy atom. The quantitative estimate of drug-likeness (QED) is 0.565. The number of hydrogen-bond donors (Lipinski definition) is 1. The average Bonchev–Trinajstić information content (AvgIpc) is 3.08. The van der Waals surface area contributed by atoms with E-state index in [1.807, 2.05) is 71.4 Å². The summed E-state index contributed by atoms with van der Waals surface area (Å²) in [4.78, 5) is 16.8. The Morgan fingerprint density at radius 2 is 1.77 bits per heavy atom. The predicted molar refractivity (Wildman–Crippen MR) is 104 cm³/mol. The number of benzene rings is 2. The molecule has 0 aliphatic carbocycles. The number of carbonyl (C=O) groups is 1. The molecule has 0 aliphatic rings. The molecule has 0 unspecified atom stereocenters. The van der Waals surface area contributed by atoms with E-state index in [0.717, 1.165) is 28.2 Å². The molecule has 0 spiro atoms. The number of nitrogens with zero attached hydrogens (tertiary/aromatic N) is 2. The molecule has 0 bridgehead atoms. The Balaban J connectivity index is 1.45. The number of fused-ring (bicyclic) bond motifs is 1. The smallest absolute Gasteiger partial charge is 0.228 e. The summed E-state index contributed by atoms with van der Waals surface area (Å²) in [5, 5.41) is 3.58. The molecule has 4 nitrogen and oxygen atoms in total. The zero-order valence-electron chi connectivity index (χ0n) is 13.9. The number of carbonyl (C=O) groups excluding carboxylic acids is 1. The molecule has 1 amide bonds. The zero-order valence-corrected chi connectivity index (χ0v) is 14.6. The fraction of sp³-hybridized carbons (Fsp3) is 0.0476. The van der Waals surface area contributed by atoms with Crippen LogP contribution in [0.25, 0.3) is 16.9 Å². The van der Waals surface area contributed by atoms with Crippen molar-refractivity contribution in [2.75, 3.05) is 5.32 Å². The first-order chi connectivity index (χ1) is 12.7. The monoisotopic (exact) mass is 361 g/mol. The highest BCUT2D eigenvalue weighted by Gasteiger charge is 2.07. The van der Waals surface area contributed by atoms with Crippen molar-refractivity contribution < 1.29 is 4.79 Å². The van der Waals surface area contributed by atoms with Gasteiger partial charge in [0.25, 0.3) is 0 Å².